The quantitative estimate of drug-likeness (QED) is 0.758. The molecule has 4 atom stereocenters. The fourth-order valence-corrected chi connectivity index (χ4v) is 4.16. The summed E-state index contributed by atoms with van der Waals surface area (Å²) in [6, 6.07) is 0.498. The van der Waals surface area contributed by atoms with Crippen molar-refractivity contribution in [3.05, 3.63) is 12.2 Å². The van der Waals surface area contributed by atoms with Gasteiger partial charge in [0.2, 0.25) is 5.91 Å². The maximum Gasteiger partial charge on any atom is 0.303 e. The fraction of sp³-hybridized carbons (Fsp3) is 0.733. The Balaban J connectivity index is 1.66. The maximum atomic E-state index is 12.6. The Bertz CT molecular complexity index is 434. The van der Waals surface area contributed by atoms with E-state index in [0.29, 0.717) is 6.42 Å². The molecule has 2 fully saturated rings. The van der Waals surface area contributed by atoms with E-state index in [1.807, 2.05) is 17.1 Å². The number of hydrogen-bond donors (Lipinski definition) is 2. The van der Waals surface area contributed by atoms with E-state index < -0.39 is 5.97 Å². The lowest BCUT2D eigenvalue weighted by atomic mass is 9.87. The largest absolute Gasteiger partial charge is 0.481 e. The van der Waals surface area contributed by atoms with Gasteiger partial charge in [0.05, 0.1) is 5.92 Å². The minimum absolute atomic E-state index is 0.00570. The van der Waals surface area contributed by atoms with Crippen molar-refractivity contribution in [2.45, 2.75) is 56.7 Å². The van der Waals surface area contributed by atoms with Gasteiger partial charge in [-0.15, -0.1) is 0 Å². The van der Waals surface area contributed by atoms with Crippen LogP contribution in [0.1, 0.15) is 38.5 Å². The van der Waals surface area contributed by atoms with Gasteiger partial charge in [-0.3, -0.25) is 9.59 Å². The number of carbonyl (C=O) groups excluding carboxylic acids is 1. The van der Waals surface area contributed by atoms with E-state index >= 15 is 0 Å². The van der Waals surface area contributed by atoms with Crippen LogP contribution in [0.15, 0.2) is 12.2 Å². The number of nitrogens with two attached hydrogens (primary N) is 1. The van der Waals surface area contributed by atoms with Gasteiger partial charge < -0.3 is 15.7 Å². The topological polar surface area (TPSA) is 83.6 Å². The molecule has 0 aromatic heterocycles. The first-order chi connectivity index (χ1) is 9.54. The normalized spacial score (nSPS) is 39.2. The predicted octanol–water partition coefficient (Wildman–Crippen LogP) is 1.13. The highest BCUT2D eigenvalue weighted by atomic mass is 16.4. The molecule has 2 bridgehead atoms. The summed E-state index contributed by atoms with van der Waals surface area (Å²) in [5, 5.41) is 8.93. The molecule has 2 saturated heterocycles. The zero-order valence-corrected chi connectivity index (χ0v) is 11.6. The van der Waals surface area contributed by atoms with Crippen LogP contribution in [0.25, 0.3) is 0 Å². The lowest BCUT2D eigenvalue weighted by Gasteiger charge is -2.39. The van der Waals surface area contributed by atoms with Gasteiger partial charge in [0.25, 0.3) is 0 Å². The van der Waals surface area contributed by atoms with Crippen molar-refractivity contribution in [2.24, 2.45) is 17.6 Å². The number of rotatable bonds is 3. The second kappa shape index (κ2) is 5.20. The molecule has 1 amide bonds. The first kappa shape index (κ1) is 13.6. The van der Waals surface area contributed by atoms with E-state index in [1.54, 1.807) is 0 Å². The number of amides is 1. The summed E-state index contributed by atoms with van der Waals surface area (Å²) < 4.78 is 0. The number of hydrogen-bond acceptors (Lipinski definition) is 3. The second-order valence-electron chi connectivity index (χ2n) is 6.46. The van der Waals surface area contributed by atoms with Gasteiger partial charge in [-0.05, 0) is 38.0 Å². The summed E-state index contributed by atoms with van der Waals surface area (Å²) in [5.74, 6) is -0.353. The molecule has 2 aliphatic heterocycles. The summed E-state index contributed by atoms with van der Waals surface area (Å²) >= 11 is 0. The maximum absolute atomic E-state index is 12.6. The first-order valence-electron chi connectivity index (χ1n) is 7.52. The molecule has 0 spiro atoms. The number of carbonyl (C=O) groups is 2. The standard InChI is InChI=1S/C15H22N2O3/c16-11-2-1-10(8-11)15(20)17-12-3-4-13(17)6-9(5-12)7-14(18)19/h1-2,9-13H,3-8,16H2,(H,18,19). The second-order valence-corrected chi connectivity index (χ2v) is 6.46. The van der Waals surface area contributed by atoms with E-state index in [1.165, 1.54) is 0 Å². The molecule has 110 valence electrons. The third kappa shape index (κ3) is 2.46. The summed E-state index contributed by atoms with van der Waals surface area (Å²) in [6.45, 7) is 0. The minimum Gasteiger partial charge on any atom is -0.481 e. The van der Waals surface area contributed by atoms with Gasteiger partial charge in [-0.2, -0.15) is 0 Å². The molecule has 0 saturated carbocycles. The molecule has 3 rings (SSSR count). The molecule has 0 radical (unpaired) electrons. The summed E-state index contributed by atoms with van der Waals surface area (Å²) in [6.07, 6.45) is 8.55. The van der Waals surface area contributed by atoms with Gasteiger partial charge in [0, 0.05) is 24.5 Å². The van der Waals surface area contributed by atoms with Crippen molar-refractivity contribution in [3.63, 3.8) is 0 Å². The van der Waals surface area contributed by atoms with Crippen molar-refractivity contribution in [3.8, 4) is 0 Å². The van der Waals surface area contributed by atoms with Crippen molar-refractivity contribution in [1.82, 2.24) is 4.90 Å². The molecule has 3 N–H and O–H groups in total. The van der Waals surface area contributed by atoms with Crippen LogP contribution in [0.4, 0.5) is 0 Å². The molecular formula is C15H22N2O3. The molecule has 20 heavy (non-hydrogen) atoms. The van der Waals surface area contributed by atoms with Gasteiger partial charge >= 0.3 is 5.97 Å². The number of aliphatic carboxylic acids is 1. The molecule has 2 heterocycles. The van der Waals surface area contributed by atoms with E-state index in [9.17, 15) is 9.59 Å². The van der Waals surface area contributed by atoms with E-state index in [-0.39, 0.29) is 42.3 Å². The monoisotopic (exact) mass is 278 g/mol. The Morgan fingerprint density at radius 2 is 1.80 bits per heavy atom. The van der Waals surface area contributed by atoms with Crippen LogP contribution in [-0.4, -0.2) is 40.0 Å². The van der Waals surface area contributed by atoms with Crippen molar-refractivity contribution in [2.75, 3.05) is 0 Å². The number of carboxylic acids is 1. The molecule has 5 heteroatoms. The van der Waals surface area contributed by atoms with Gasteiger partial charge in [-0.1, -0.05) is 12.2 Å². The average molecular weight is 278 g/mol. The van der Waals surface area contributed by atoms with Crippen molar-refractivity contribution >= 4 is 11.9 Å². The lowest BCUT2D eigenvalue weighted by molar-refractivity contribution is -0.141. The zero-order chi connectivity index (χ0) is 14.3. The van der Waals surface area contributed by atoms with E-state index in [0.717, 1.165) is 25.7 Å². The van der Waals surface area contributed by atoms with Gasteiger partial charge in [0.15, 0.2) is 0 Å². The third-order valence-electron chi connectivity index (χ3n) is 4.98. The highest BCUT2D eigenvalue weighted by Gasteiger charge is 2.45. The van der Waals surface area contributed by atoms with Crippen molar-refractivity contribution < 1.29 is 14.7 Å². The SMILES string of the molecule is NC1C=CC(C(=O)N2C3CCC2CC(CC(=O)O)C3)C1. The Hall–Kier alpha value is -1.36. The summed E-state index contributed by atoms with van der Waals surface area (Å²) in [7, 11) is 0. The van der Waals surface area contributed by atoms with E-state index in [4.69, 9.17) is 10.8 Å². The van der Waals surface area contributed by atoms with Crippen LogP contribution in [0, 0.1) is 11.8 Å². The average Bonchev–Trinajstić information content (AvgIpc) is 2.91. The van der Waals surface area contributed by atoms with Crippen LogP contribution in [-0.2, 0) is 9.59 Å². The van der Waals surface area contributed by atoms with Crippen LogP contribution in [0.3, 0.4) is 0 Å². The first-order valence-corrected chi connectivity index (χ1v) is 7.52. The van der Waals surface area contributed by atoms with Crippen LogP contribution in [0.2, 0.25) is 0 Å². The van der Waals surface area contributed by atoms with Crippen LogP contribution in [0.5, 0.6) is 0 Å². The predicted molar refractivity (Wildman–Crippen MR) is 73.9 cm³/mol. The third-order valence-corrected chi connectivity index (χ3v) is 4.98. The minimum atomic E-state index is -0.723. The lowest BCUT2D eigenvalue weighted by Crippen LogP contribution is -2.49. The Morgan fingerprint density at radius 3 is 2.30 bits per heavy atom. The van der Waals surface area contributed by atoms with Crippen molar-refractivity contribution in [1.29, 1.82) is 0 Å². The molecule has 3 aliphatic rings. The number of fused-ring (bicyclic) bond motifs is 2. The Labute approximate surface area is 118 Å². The van der Waals surface area contributed by atoms with Gasteiger partial charge in [-0.25, -0.2) is 0 Å². The highest BCUT2D eigenvalue weighted by Crippen LogP contribution is 2.41. The van der Waals surface area contributed by atoms with Crippen LogP contribution >= 0.6 is 0 Å². The summed E-state index contributed by atoms with van der Waals surface area (Å²) in [4.78, 5) is 25.5. The number of piperidine rings is 1. The smallest absolute Gasteiger partial charge is 0.303 e. The number of nitrogens with zero attached hydrogens (tertiary/aromatic N) is 1. The Morgan fingerprint density at radius 1 is 1.15 bits per heavy atom. The number of carboxylic acid groups (broad SMARTS) is 1. The molecular weight excluding hydrogens is 256 g/mol. The molecule has 4 unspecified atom stereocenters. The van der Waals surface area contributed by atoms with E-state index in [2.05, 4.69) is 0 Å². The molecule has 0 aromatic carbocycles. The molecule has 1 aliphatic carbocycles. The van der Waals surface area contributed by atoms with Gasteiger partial charge in [0.1, 0.15) is 0 Å². The molecule has 0 aromatic rings. The molecule has 5 nitrogen and oxygen atoms in total. The Kier molecular flexibility index (Phi) is 3.54. The zero-order valence-electron chi connectivity index (χ0n) is 11.6. The van der Waals surface area contributed by atoms with Crippen LogP contribution < -0.4 is 5.73 Å². The fourth-order valence-electron chi connectivity index (χ4n) is 4.16. The summed E-state index contributed by atoms with van der Waals surface area (Å²) in [5.41, 5.74) is 5.83. The highest BCUT2D eigenvalue weighted by molar-refractivity contribution is 5.82.